The highest BCUT2D eigenvalue weighted by Crippen LogP contribution is 2.28. The second-order valence-electron chi connectivity index (χ2n) is 7.46. The predicted octanol–water partition coefficient (Wildman–Crippen LogP) is 1.93. The zero-order valence-electron chi connectivity index (χ0n) is 17.7. The van der Waals surface area contributed by atoms with E-state index in [1.165, 1.54) is 6.33 Å². The molecule has 9 nitrogen and oxygen atoms in total. The summed E-state index contributed by atoms with van der Waals surface area (Å²) in [5.74, 6) is 0.409. The van der Waals surface area contributed by atoms with E-state index in [-0.39, 0.29) is 5.56 Å². The number of carbonyl (C=O) groups is 1. The fourth-order valence-corrected chi connectivity index (χ4v) is 3.59. The standard InChI is InChI=1S/C22H25FN6O3/c1-31-8-9-32-14-4-2-13(3-5-14)17-10-15(21(24)30)19-20(28-17)22(27-12-26-19)29-18-11-25-7-6-16(18)23/h2-5,10,12,16,18,25H,6-9,11H2,1H3,(H2,24,30)(H,26,27,29)/t16-,18-/m0/s1. The van der Waals surface area contributed by atoms with Crippen molar-refractivity contribution in [1.82, 2.24) is 20.3 Å². The van der Waals surface area contributed by atoms with Gasteiger partial charge in [-0.25, -0.2) is 19.3 Å². The smallest absolute Gasteiger partial charge is 0.251 e. The number of nitrogens with one attached hydrogen (secondary N) is 2. The molecule has 2 atom stereocenters. The number of pyridine rings is 1. The van der Waals surface area contributed by atoms with Gasteiger partial charge in [0, 0.05) is 19.2 Å². The summed E-state index contributed by atoms with van der Waals surface area (Å²) >= 11 is 0. The van der Waals surface area contributed by atoms with Crippen molar-refractivity contribution in [2.24, 2.45) is 5.73 Å². The molecule has 10 heteroatoms. The van der Waals surface area contributed by atoms with E-state index in [1.807, 2.05) is 24.3 Å². The second kappa shape index (κ2) is 9.84. The number of aromatic nitrogens is 3. The van der Waals surface area contributed by atoms with Gasteiger partial charge < -0.3 is 25.8 Å². The molecule has 1 aromatic carbocycles. The van der Waals surface area contributed by atoms with Gasteiger partial charge >= 0.3 is 0 Å². The number of ether oxygens (including phenoxy) is 2. The van der Waals surface area contributed by atoms with Crippen LogP contribution in [0.25, 0.3) is 22.3 Å². The molecule has 3 heterocycles. The minimum absolute atomic E-state index is 0.217. The molecule has 1 aliphatic heterocycles. The number of carbonyl (C=O) groups excluding carboxylic acids is 1. The number of fused-ring (bicyclic) bond motifs is 1. The van der Waals surface area contributed by atoms with Crippen LogP contribution in [0.4, 0.5) is 10.2 Å². The first-order chi connectivity index (χ1) is 15.6. The molecule has 0 radical (unpaired) electrons. The van der Waals surface area contributed by atoms with Crippen molar-refractivity contribution in [1.29, 1.82) is 0 Å². The van der Waals surface area contributed by atoms with E-state index >= 15 is 0 Å². The van der Waals surface area contributed by atoms with Crippen LogP contribution in [0.2, 0.25) is 0 Å². The summed E-state index contributed by atoms with van der Waals surface area (Å²) in [4.78, 5) is 25.3. The van der Waals surface area contributed by atoms with Crippen LogP contribution in [0.1, 0.15) is 16.8 Å². The van der Waals surface area contributed by atoms with Crippen LogP contribution in [0, 0.1) is 0 Å². The number of rotatable bonds is 8. The van der Waals surface area contributed by atoms with E-state index in [4.69, 9.17) is 15.2 Å². The lowest BCUT2D eigenvalue weighted by atomic mass is 10.0. The molecule has 1 amide bonds. The Morgan fingerprint density at radius 3 is 2.78 bits per heavy atom. The van der Waals surface area contributed by atoms with Crippen molar-refractivity contribution >= 4 is 22.8 Å². The van der Waals surface area contributed by atoms with Gasteiger partial charge in [-0.05, 0) is 43.3 Å². The average molecular weight is 440 g/mol. The summed E-state index contributed by atoms with van der Waals surface area (Å²) in [6, 6.07) is 8.42. The molecule has 168 valence electrons. The van der Waals surface area contributed by atoms with Crippen LogP contribution in [0.3, 0.4) is 0 Å². The third-order valence-corrected chi connectivity index (χ3v) is 5.28. The molecule has 3 aromatic rings. The maximum absolute atomic E-state index is 14.4. The molecule has 1 aliphatic rings. The molecule has 1 saturated heterocycles. The first-order valence-electron chi connectivity index (χ1n) is 10.4. The summed E-state index contributed by atoms with van der Waals surface area (Å²) in [7, 11) is 1.61. The van der Waals surface area contributed by atoms with Crippen LogP contribution in [0.15, 0.2) is 36.7 Å². The zero-order chi connectivity index (χ0) is 22.5. The van der Waals surface area contributed by atoms with Gasteiger partial charge in [0.1, 0.15) is 35.9 Å². The Morgan fingerprint density at radius 2 is 2.06 bits per heavy atom. The molecule has 4 N–H and O–H groups in total. The van der Waals surface area contributed by atoms with Crippen molar-refractivity contribution in [3.63, 3.8) is 0 Å². The number of amides is 1. The van der Waals surface area contributed by atoms with E-state index in [2.05, 4.69) is 25.6 Å². The van der Waals surface area contributed by atoms with Crippen LogP contribution >= 0.6 is 0 Å². The molecule has 4 rings (SSSR count). The number of methoxy groups -OCH3 is 1. The topological polar surface area (TPSA) is 124 Å². The summed E-state index contributed by atoms with van der Waals surface area (Å²) in [5, 5.41) is 6.28. The lowest BCUT2D eigenvalue weighted by Gasteiger charge is -2.28. The first kappa shape index (κ1) is 21.8. The van der Waals surface area contributed by atoms with E-state index in [9.17, 15) is 9.18 Å². The van der Waals surface area contributed by atoms with E-state index in [0.717, 1.165) is 5.56 Å². The first-order valence-corrected chi connectivity index (χ1v) is 10.4. The number of nitrogens with zero attached hydrogens (tertiary/aromatic N) is 3. The highest BCUT2D eigenvalue weighted by Gasteiger charge is 2.26. The summed E-state index contributed by atoms with van der Waals surface area (Å²) in [5.41, 5.74) is 7.79. The monoisotopic (exact) mass is 440 g/mol. The maximum atomic E-state index is 14.4. The van der Waals surface area contributed by atoms with Crippen molar-refractivity contribution < 1.29 is 18.7 Å². The molecule has 0 aliphatic carbocycles. The molecule has 32 heavy (non-hydrogen) atoms. The van der Waals surface area contributed by atoms with Gasteiger partial charge in [0.2, 0.25) is 0 Å². The fourth-order valence-electron chi connectivity index (χ4n) is 3.59. The van der Waals surface area contributed by atoms with Crippen LogP contribution in [-0.4, -0.2) is 66.5 Å². The van der Waals surface area contributed by atoms with Gasteiger partial charge in [0.25, 0.3) is 5.91 Å². The highest BCUT2D eigenvalue weighted by atomic mass is 19.1. The zero-order valence-corrected chi connectivity index (χ0v) is 17.7. The third-order valence-electron chi connectivity index (χ3n) is 5.28. The van der Waals surface area contributed by atoms with Gasteiger partial charge in [0.15, 0.2) is 5.82 Å². The molecule has 1 fully saturated rings. The molecule has 0 unspecified atom stereocenters. The number of benzene rings is 1. The Kier molecular flexibility index (Phi) is 6.72. The molecule has 2 aromatic heterocycles. The molecular weight excluding hydrogens is 415 g/mol. The number of nitrogens with two attached hydrogens (primary N) is 1. The van der Waals surface area contributed by atoms with Gasteiger partial charge in [-0.2, -0.15) is 0 Å². The van der Waals surface area contributed by atoms with Crippen molar-refractivity contribution in [2.45, 2.75) is 18.6 Å². The largest absolute Gasteiger partial charge is 0.491 e. The van der Waals surface area contributed by atoms with Crippen molar-refractivity contribution in [3.8, 4) is 17.0 Å². The quantitative estimate of drug-likeness (QED) is 0.454. The second-order valence-corrected chi connectivity index (χ2v) is 7.46. The molecule has 0 saturated carbocycles. The lowest BCUT2D eigenvalue weighted by molar-refractivity contribution is 0.100. The number of halogens is 1. The molecule has 0 spiro atoms. The highest BCUT2D eigenvalue weighted by molar-refractivity contribution is 6.06. The van der Waals surface area contributed by atoms with E-state index in [1.54, 1.807) is 13.2 Å². The minimum Gasteiger partial charge on any atom is -0.491 e. The molecular formula is C22H25FN6O3. The Bertz CT molecular complexity index is 1090. The van der Waals surface area contributed by atoms with E-state index in [0.29, 0.717) is 61.0 Å². The Hall–Kier alpha value is -3.37. The van der Waals surface area contributed by atoms with Crippen LogP contribution < -0.4 is 21.1 Å². The lowest BCUT2D eigenvalue weighted by Crippen LogP contribution is -2.46. The molecule has 0 bridgehead atoms. The van der Waals surface area contributed by atoms with Gasteiger partial charge in [-0.1, -0.05) is 0 Å². The third kappa shape index (κ3) is 4.76. The number of anilines is 1. The maximum Gasteiger partial charge on any atom is 0.251 e. The summed E-state index contributed by atoms with van der Waals surface area (Å²) in [6.07, 6.45) is 0.699. The summed E-state index contributed by atoms with van der Waals surface area (Å²) < 4.78 is 24.9. The van der Waals surface area contributed by atoms with Gasteiger partial charge in [0.05, 0.1) is 23.9 Å². The Balaban J connectivity index is 1.71. The predicted molar refractivity (Wildman–Crippen MR) is 118 cm³/mol. The number of piperidine rings is 1. The van der Waals surface area contributed by atoms with Crippen molar-refractivity contribution in [3.05, 3.63) is 42.2 Å². The van der Waals surface area contributed by atoms with Gasteiger partial charge in [-0.3, -0.25) is 4.79 Å². The average Bonchev–Trinajstić information content (AvgIpc) is 2.80. The van der Waals surface area contributed by atoms with E-state index < -0.39 is 18.1 Å². The summed E-state index contributed by atoms with van der Waals surface area (Å²) in [6.45, 7) is 2.01. The number of hydrogen-bond donors (Lipinski definition) is 3. The normalized spacial score (nSPS) is 18.4. The fraction of sp³-hybridized carbons (Fsp3) is 0.364. The Morgan fingerprint density at radius 1 is 1.25 bits per heavy atom. The van der Waals surface area contributed by atoms with Gasteiger partial charge in [-0.15, -0.1) is 0 Å². The number of alkyl halides is 1. The Labute approximate surface area is 184 Å². The van der Waals surface area contributed by atoms with Crippen molar-refractivity contribution in [2.75, 3.05) is 38.7 Å². The van der Waals surface area contributed by atoms with Crippen LogP contribution in [0.5, 0.6) is 5.75 Å². The van der Waals surface area contributed by atoms with Crippen LogP contribution in [-0.2, 0) is 4.74 Å². The number of primary amides is 1. The number of hydrogen-bond acceptors (Lipinski definition) is 8. The minimum atomic E-state index is -1.02. The SMILES string of the molecule is COCCOc1ccc(-c2cc(C(N)=O)c3ncnc(N[C@H]4CNCC[C@@H]4F)c3n2)cc1.